The number of nitrogens with two attached hydrogens (primary N) is 2. The number of hydrogen-bond acceptors (Lipinski definition) is 4. The highest BCUT2D eigenvalue weighted by molar-refractivity contribution is 5.77. The van der Waals surface area contributed by atoms with Crippen LogP contribution in [0.5, 0.6) is 0 Å². The van der Waals surface area contributed by atoms with E-state index >= 15 is 0 Å². The minimum absolute atomic E-state index is 0.762. The smallest absolute Gasteiger partial charge is 0.340 e. The Labute approximate surface area is 45.9 Å². The largest absolute Gasteiger partial charge is 0.479 e. The Morgan fingerprint density at radius 3 is 2.00 bits per heavy atom. The summed E-state index contributed by atoms with van der Waals surface area (Å²) in [4.78, 5) is 9.84. The summed E-state index contributed by atoms with van der Waals surface area (Å²) in [6.07, 6.45) is 0. The third-order valence-electron chi connectivity index (χ3n) is 0.660. The predicted octanol–water partition coefficient (Wildman–Crippen LogP) is -2.32. The van der Waals surface area contributed by atoms with E-state index in [9.17, 15) is 4.79 Å². The molecule has 0 heterocycles. The van der Waals surface area contributed by atoms with Crippen LogP contribution in [0.15, 0.2) is 0 Å². The molecule has 0 unspecified atom stereocenters. The molecule has 5 nitrogen and oxygen atoms in total. The first kappa shape index (κ1) is 7.35. The highest BCUT2D eigenvalue weighted by Gasteiger charge is 2.26. The maximum atomic E-state index is 9.84. The first-order valence-electron chi connectivity index (χ1n) is 1.92. The van der Waals surface area contributed by atoms with Crippen molar-refractivity contribution in [2.75, 3.05) is 6.61 Å². The van der Waals surface area contributed by atoms with Crippen molar-refractivity contribution in [3.8, 4) is 0 Å². The fourth-order valence-corrected chi connectivity index (χ4v) is 0.0676. The molecule has 0 saturated carbocycles. The molecule has 0 atom stereocenters. The van der Waals surface area contributed by atoms with E-state index in [2.05, 4.69) is 0 Å². The number of carboxylic acid groups (broad SMARTS) is 1. The van der Waals surface area contributed by atoms with Crippen LogP contribution in [-0.2, 0) is 4.79 Å². The van der Waals surface area contributed by atoms with Crippen molar-refractivity contribution < 1.29 is 15.0 Å². The molecule has 0 aromatic carbocycles. The normalized spacial score (nSPS) is 11.4. The molecule has 0 aliphatic heterocycles. The summed E-state index contributed by atoms with van der Waals surface area (Å²) < 4.78 is 0. The summed E-state index contributed by atoms with van der Waals surface area (Å²) in [6.45, 7) is -0.762. The maximum Gasteiger partial charge on any atom is 0.340 e. The van der Waals surface area contributed by atoms with Gasteiger partial charge in [0.05, 0.1) is 6.61 Å². The highest BCUT2D eigenvalue weighted by Crippen LogP contribution is 1.85. The summed E-state index contributed by atoms with van der Waals surface area (Å²) in [5, 5.41) is 16.2. The molecule has 0 fully saturated rings. The zero-order chi connectivity index (χ0) is 6.78. The minimum atomic E-state index is -1.99. The van der Waals surface area contributed by atoms with Gasteiger partial charge in [0.25, 0.3) is 0 Å². The number of carbonyl (C=O) groups is 1. The Morgan fingerprint density at radius 2 is 2.00 bits per heavy atom. The molecule has 0 aromatic rings. The number of aliphatic carboxylic acids is 1. The lowest BCUT2D eigenvalue weighted by Gasteiger charge is -2.13. The standard InChI is InChI=1S/C3H8N2O3/c4-3(5,1-6)2(7)8/h6H,1,4-5H2,(H,7,8). The van der Waals surface area contributed by atoms with Crippen LogP contribution in [0, 0.1) is 0 Å². The monoisotopic (exact) mass is 120 g/mol. The molecular formula is C3H8N2O3. The summed E-state index contributed by atoms with van der Waals surface area (Å²) in [7, 11) is 0. The second kappa shape index (κ2) is 2.08. The molecule has 0 radical (unpaired) electrons. The van der Waals surface area contributed by atoms with E-state index in [0.29, 0.717) is 0 Å². The summed E-state index contributed by atoms with van der Waals surface area (Å²) in [5.41, 5.74) is 7.59. The van der Waals surface area contributed by atoms with Crippen LogP contribution in [0.2, 0.25) is 0 Å². The van der Waals surface area contributed by atoms with Gasteiger partial charge in [0, 0.05) is 0 Å². The SMILES string of the molecule is NC(N)(CO)C(=O)O. The molecule has 48 valence electrons. The molecule has 0 aliphatic carbocycles. The summed E-state index contributed by atoms with van der Waals surface area (Å²) >= 11 is 0. The maximum absolute atomic E-state index is 9.84. The molecule has 0 spiro atoms. The average molecular weight is 120 g/mol. The Kier molecular flexibility index (Phi) is 1.91. The van der Waals surface area contributed by atoms with Gasteiger partial charge in [0.2, 0.25) is 0 Å². The molecule has 0 aromatic heterocycles. The average Bonchev–Trinajstić information content (AvgIpc) is 1.67. The molecule has 0 saturated heterocycles. The predicted molar refractivity (Wildman–Crippen MR) is 25.8 cm³/mol. The number of hydrogen-bond donors (Lipinski definition) is 4. The van der Waals surface area contributed by atoms with Gasteiger partial charge in [-0.05, 0) is 0 Å². The van der Waals surface area contributed by atoms with Crippen molar-refractivity contribution in [2.45, 2.75) is 5.66 Å². The molecular weight excluding hydrogens is 112 g/mol. The van der Waals surface area contributed by atoms with Crippen LogP contribution in [-0.4, -0.2) is 28.5 Å². The van der Waals surface area contributed by atoms with Crippen molar-refractivity contribution in [1.82, 2.24) is 0 Å². The molecule has 0 bridgehead atoms. The van der Waals surface area contributed by atoms with E-state index < -0.39 is 18.2 Å². The fourth-order valence-electron chi connectivity index (χ4n) is 0.0676. The molecule has 0 amide bonds. The third kappa shape index (κ3) is 1.45. The topological polar surface area (TPSA) is 110 Å². The molecule has 8 heavy (non-hydrogen) atoms. The van der Waals surface area contributed by atoms with E-state index in [0.717, 1.165) is 0 Å². The van der Waals surface area contributed by atoms with Crippen molar-refractivity contribution >= 4 is 5.97 Å². The zero-order valence-electron chi connectivity index (χ0n) is 4.16. The second-order valence-electron chi connectivity index (χ2n) is 1.50. The van der Waals surface area contributed by atoms with E-state index in [1.54, 1.807) is 0 Å². The van der Waals surface area contributed by atoms with Gasteiger partial charge in [0.15, 0.2) is 5.66 Å². The summed E-state index contributed by atoms with van der Waals surface area (Å²) in [6, 6.07) is 0. The number of rotatable bonds is 2. The lowest BCUT2D eigenvalue weighted by atomic mass is 10.2. The lowest BCUT2D eigenvalue weighted by molar-refractivity contribution is -0.144. The van der Waals surface area contributed by atoms with Gasteiger partial charge in [-0.15, -0.1) is 0 Å². The first-order valence-corrected chi connectivity index (χ1v) is 1.92. The quantitative estimate of drug-likeness (QED) is 0.306. The Hall–Kier alpha value is -0.650. The van der Waals surface area contributed by atoms with Gasteiger partial charge in [-0.25, -0.2) is 4.79 Å². The van der Waals surface area contributed by atoms with Crippen molar-refractivity contribution in [2.24, 2.45) is 11.5 Å². The van der Waals surface area contributed by atoms with Gasteiger partial charge < -0.3 is 21.7 Å². The van der Waals surface area contributed by atoms with Gasteiger partial charge in [-0.2, -0.15) is 0 Å². The van der Waals surface area contributed by atoms with E-state index in [1.165, 1.54) is 0 Å². The van der Waals surface area contributed by atoms with Crippen LogP contribution in [0.4, 0.5) is 0 Å². The van der Waals surface area contributed by atoms with Gasteiger partial charge in [-0.1, -0.05) is 0 Å². The third-order valence-corrected chi connectivity index (χ3v) is 0.660. The van der Waals surface area contributed by atoms with Gasteiger partial charge in [0.1, 0.15) is 0 Å². The molecule has 0 aliphatic rings. The van der Waals surface area contributed by atoms with Crippen LogP contribution in [0.25, 0.3) is 0 Å². The van der Waals surface area contributed by atoms with Crippen LogP contribution in [0.1, 0.15) is 0 Å². The Balaban J connectivity index is 3.91. The minimum Gasteiger partial charge on any atom is -0.479 e. The zero-order valence-corrected chi connectivity index (χ0v) is 4.16. The van der Waals surface area contributed by atoms with Crippen molar-refractivity contribution in [3.05, 3.63) is 0 Å². The summed E-state index contributed by atoms with van der Waals surface area (Å²) in [5.74, 6) is -1.42. The van der Waals surface area contributed by atoms with Gasteiger partial charge in [-0.3, -0.25) is 0 Å². The number of aliphatic hydroxyl groups is 1. The molecule has 6 N–H and O–H groups in total. The second-order valence-corrected chi connectivity index (χ2v) is 1.50. The van der Waals surface area contributed by atoms with E-state index in [1.807, 2.05) is 0 Å². The molecule has 5 heteroatoms. The van der Waals surface area contributed by atoms with Crippen molar-refractivity contribution in [3.63, 3.8) is 0 Å². The number of carboxylic acids is 1. The van der Waals surface area contributed by atoms with Gasteiger partial charge >= 0.3 is 5.97 Å². The van der Waals surface area contributed by atoms with Crippen LogP contribution in [0.3, 0.4) is 0 Å². The Morgan fingerprint density at radius 1 is 1.62 bits per heavy atom. The van der Waals surface area contributed by atoms with Crippen LogP contribution >= 0.6 is 0 Å². The van der Waals surface area contributed by atoms with Crippen LogP contribution < -0.4 is 11.5 Å². The van der Waals surface area contributed by atoms with Crippen molar-refractivity contribution in [1.29, 1.82) is 0 Å². The van der Waals surface area contributed by atoms with E-state index in [4.69, 9.17) is 21.7 Å². The highest BCUT2D eigenvalue weighted by atomic mass is 16.4. The van der Waals surface area contributed by atoms with E-state index in [-0.39, 0.29) is 0 Å². The number of aliphatic hydroxyl groups excluding tert-OH is 1. The first-order chi connectivity index (χ1) is 3.50. The fraction of sp³-hybridized carbons (Fsp3) is 0.667. The molecule has 0 rings (SSSR count). The lowest BCUT2D eigenvalue weighted by Crippen LogP contribution is -2.59. The Bertz CT molecular complexity index is 101.